The van der Waals surface area contributed by atoms with Crippen LogP contribution in [0.2, 0.25) is 0 Å². The quantitative estimate of drug-likeness (QED) is 0.663. The number of halogens is 1. The molecule has 2 nitrogen and oxygen atoms in total. The zero-order valence-corrected chi connectivity index (χ0v) is 10.5. The fourth-order valence-corrected chi connectivity index (χ4v) is 2.51. The van der Waals surface area contributed by atoms with Gasteiger partial charge in [-0.2, -0.15) is 0 Å². The van der Waals surface area contributed by atoms with E-state index < -0.39 is 0 Å². The van der Waals surface area contributed by atoms with Gasteiger partial charge < -0.3 is 10.5 Å². The SMILES string of the molecule is COc1ccc(Br)c(SCCCN)c1. The predicted octanol–water partition coefficient (Wildman–Crippen LogP) is 2.90. The van der Waals surface area contributed by atoms with Crippen molar-refractivity contribution in [3.05, 3.63) is 22.7 Å². The van der Waals surface area contributed by atoms with Gasteiger partial charge in [0.15, 0.2) is 0 Å². The van der Waals surface area contributed by atoms with Gasteiger partial charge in [0.25, 0.3) is 0 Å². The third kappa shape index (κ3) is 3.52. The monoisotopic (exact) mass is 275 g/mol. The summed E-state index contributed by atoms with van der Waals surface area (Å²) in [6.07, 6.45) is 1.04. The van der Waals surface area contributed by atoms with E-state index in [1.54, 1.807) is 18.9 Å². The summed E-state index contributed by atoms with van der Waals surface area (Å²) in [5, 5.41) is 0. The third-order valence-electron chi connectivity index (χ3n) is 1.74. The number of hydrogen-bond donors (Lipinski definition) is 1. The number of rotatable bonds is 5. The molecular formula is C10H14BrNOS. The number of ether oxygens (including phenoxy) is 1. The second-order valence-electron chi connectivity index (χ2n) is 2.79. The lowest BCUT2D eigenvalue weighted by molar-refractivity contribution is 0.413. The highest BCUT2D eigenvalue weighted by Gasteiger charge is 2.02. The average molecular weight is 276 g/mol. The van der Waals surface area contributed by atoms with Gasteiger partial charge in [-0.15, -0.1) is 11.8 Å². The summed E-state index contributed by atoms with van der Waals surface area (Å²) >= 11 is 5.30. The molecule has 1 aromatic carbocycles. The summed E-state index contributed by atoms with van der Waals surface area (Å²) < 4.78 is 6.27. The van der Waals surface area contributed by atoms with E-state index in [0.717, 1.165) is 28.9 Å². The topological polar surface area (TPSA) is 35.2 Å². The van der Waals surface area contributed by atoms with Gasteiger partial charge in [-0.05, 0) is 52.8 Å². The van der Waals surface area contributed by atoms with Crippen LogP contribution in [0.5, 0.6) is 5.75 Å². The van der Waals surface area contributed by atoms with Crippen molar-refractivity contribution in [1.82, 2.24) is 0 Å². The maximum Gasteiger partial charge on any atom is 0.120 e. The molecule has 1 aromatic rings. The number of benzene rings is 1. The van der Waals surface area contributed by atoms with E-state index in [4.69, 9.17) is 10.5 Å². The van der Waals surface area contributed by atoms with Crippen molar-refractivity contribution in [2.75, 3.05) is 19.4 Å². The number of thioether (sulfide) groups is 1. The van der Waals surface area contributed by atoms with Crippen LogP contribution in [-0.2, 0) is 0 Å². The molecule has 0 atom stereocenters. The molecule has 0 spiro atoms. The van der Waals surface area contributed by atoms with Gasteiger partial charge in [-0.3, -0.25) is 0 Å². The van der Waals surface area contributed by atoms with Gasteiger partial charge in [0.2, 0.25) is 0 Å². The molecule has 1 rings (SSSR count). The Morgan fingerprint density at radius 3 is 2.93 bits per heavy atom. The lowest BCUT2D eigenvalue weighted by atomic mass is 10.3. The van der Waals surface area contributed by atoms with E-state index in [1.165, 1.54) is 4.90 Å². The average Bonchev–Trinajstić information content (AvgIpc) is 2.21. The van der Waals surface area contributed by atoms with Crippen LogP contribution in [0.1, 0.15) is 6.42 Å². The summed E-state index contributed by atoms with van der Waals surface area (Å²) in [6, 6.07) is 5.98. The second kappa shape index (κ2) is 6.32. The maximum absolute atomic E-state index is 5.44. The lowest BCUT2D eigenvalue weighted by Gasteiger charge is -2.06. The van der Waals surface area contributed by atoms with Crippen LogP contribution < -0.4 is 10.5 Å². The van der Waals surface area contributed by atoms with Gasteiger partial charge in [-0.25, -0.2) is 0 Å². The minimum atomic E-state index is 0.745. The molecule has 0 aliphatic carbocycles. The highest BCUT2D eigenvalue weighted by Crippen LogP contribution is 2.31. The Labute approximate surface area is 97.3 Å². The summed E-state index contributed by atoms with van der Waals surface area (Å²) in [7, 11) is 1.68. The molecule has 0 aliphatic rings. The molecule has 0 fully saturated rings. The molecule has 0 amide bonds. The van der Waals surface area contributed by atoms with Crippen molar-refractivity contribution in [2.24, 2.45) is 5.73 Å². The summed E-state index contributed by atoms with van der Waals surface area (Å²) in [6.45, 7) is 0.745. The minimum absolute atomic E-state index is 0.745. The molecule has 0 saturated carbocycles. The Bertz CT molecular complexity index is 293. The Hall–Kier alpha value is -0.190. The largest absolute Gasteiger partial charge is 0.497 e. The standard InChI is InChI=1S/C10H14BrNOS/c1-13-8-3-4-9(11)10(7-8)14-6-2-5-12/h3-4,7H,2,5-6,12H2,1H3. The van der Waals surface area contributed by atoms with Crippen molar-refractivity contribution >= 4 is 27.7 Å². The first-order valence-corrected chi connectivity index (χ1v) is 6.22. The molecule has 4 heteroatoms. The van der Waals surface area contributed by atoms with Crippen LogP contribution >= 0.6 is 27.7 Å². The molecule has 0 radical (unpaired) electrons. The van der Waals surface area contributed by atoms with Gasteiger partial charge in [-0.1, -0.05) is 0 Å². The Morgan fingerprint density at radius 2 is 2.29 bits per heavy atom. The first-order valence-electron chi connectivity index (χ1n) is 4.44. The predicted molar refractivity (Wildman–Crippen MR) is 65.1 cm³/mol. The zero-order valence-electron chi connectivity index (χ0n) is 8.13. The lowest BCUT2D eigenvalue weighted by Crippen LogP contribution is -1.99. The van der Waals surface area contributed by atoms with Crippen molar-refractivity contribution in [1.29, 1.82) is 0 Å². The minimum Gasteiger partial charge on any atom is -0.497 e. The van der Waals surface area contributed by atoms with Crippen LogP contribution in [0.25, 0.3) is 0 Å². The van der Waals surface area contributed by atoms with Gasteiger partial charge in [0.05, 0.1) is 7.11 Å². The van der Waals surface area contributed by atoms with Crippen molar-refractivity contribution < 1.29 is 4.74 Å². The molecular weight excluding hydrogens is 262 g/mol. The molecule has 0 saturated heterocycles. The van der Waals surface area contributed by atoms with E-state index in [-0.39, 0.29) is 0 Å². The first-order chi connectivity index (χ1) is 6.77. The molecule has 0 aliphatic heterocycles. The van der Waals surface area contributed by atoms with Gasteiger partial charge in [0, 0.05) is 9.37 Å². The Balaban J connectivity index is 2.64. The first kappa shape index (κ1) is 11.9. The number of methoxy groups -OCH3 is 1. The molecule has 2 N–H and O–H groups in total. The highest BCUT2D eigenvalue weighted by atomic mass is 79.9. The Morgan fingerprint density at radius 1 is 1.50 bits per heavy atom. The van der Waals surface area contributed by atoms with Crippen molar-refractivity contribution in [3.63, 3.8) is 0 Å². The van der Waals surface area contributed by atoms with E-state index in [1.807, 2.05) is 18.2 Å². The van der Waals surface area contributed by atoms with Crippen molar-refractivity contribution in [3.8, 4) is 5.75 Å². The summed E-state index contributed by atoms with van der Waals surface area (Å²) in [5.74, 6) is 1.94. The van der Waals surface area contributed by atoms with E-state index in [9.17, 15) is 0 Å². The molecule has 78 valence electrons. The van der Waals surface area contributed by atoms with Crippen LogP contribution in [0.3, 0.4) is 0 Å². The van der Waals surface area contributed by atoms with E-state index in [0.29, 0.717) is 0 Å². The Kier molecular flexibility index (Phi) is 5.37. The number of nitrogens with two attached hydrogens (primary N) is 1. The van der Waals surface area contributed by atoms with Crippen LogP contribution in [0.15, 0.2) is 27.6 Å². The van der Waals surface area contributed by atoms with E-state index >= 15 is 0 Å². The molecule has 14 heavy (non-hydrogen) atoms. The maximum atomic E-state index is 5.44. The van der Waals surface area contributed by atoms with Crippen LogP contribution in [0, 0.1) is 0 Å². The highest BCUT2D eigenvalue weighted by molar-refractivity contribution is 9.10. The smallest absolute Gasteiger partial charge is 0.120 e. The molecule has 0 unspecified atom stereocenters. The second-order valence-corrected chi connectivity index (χ2v) is 4.78. The molecule has 0 bridgehead atoms. The molecule has 0 heterocycles. The fourth-order valence-electron chi connectivity index (χ4n) is 0.987. The summed E-state index contributed by atoms with van der Waals surface area (Å²) in [5.41, 5.74) is 5.44. The fraction of sp³-hybridized carbons (Fsp3) is 0.400. The van der Waals surface area contributed by atoms with Gasteiger partial charge >= 0.3 is 0 Å². The zero-order chi connectivity index (χ0) is 10.4. The molecule has 0 aromatic heterocycles. The normalized spacial score (nSPS) is 10.2. The van der Waals surface area contributed by atoms with Crippen molar-refractivity contribution in [2.45, 2.75) is 11.3 Å². The van der Waals surface area contributed by atoms with Gasteiger partial charge in [0.1, 0.15) is 5.75 Å². The van der Waals surface area contributed by atoms with E-state index in [2.05, 4.69) is 15.9 Å². The summed E-state index contributed by atoms with van der Waals surface area (Å²) in [4.78, 5) is 1.21. The van der Waals surface area contributed by atoms with Crippen LogP contribution in [-0.4, -0.2) is 19.4 Å². The van der Waals surface area contributed by atoms with Crippen LogP contribution in [0.4, 0.5) is 0 Å². The third-order valence-corrected chi connectivity index (χ3v) is 3.84. The number of hydrogen-bond acceptors (Lipinski definition) is 3.